The highest BCUT2D eigenvalue weighted by Crippen LogP contribution is 2.30. The van der Waals surface area contributed by atoms with Gasteiger partial charge in [-0.1, -0.05) is 11.6 Å². The minimum absolute atomic E-state index is 0.212. The van der Waals surface area contributed by atoms with Crippen molar-refractivity contribution < 1.29 is 22.4 Å². The lowest BCUT2D eigenvalue weighted by Gasteiger charge is -2.08. The zero-order chi connectivity index (χ0) is 11.8. The monoisotopic (exact) mass is 242 g/mol. The maximum Gasteiger partial charge on any atom is 0.433 e. The van der Waals surface area contributed by atoms with E-state index >= 15 is 0 Å². The van der Waals surface area contributed by atoms with E-state index in [-0.39, 0.29) is 6.07 Å². The third kappa shape index (κ3) is 2.35. The lowest BCUT2D eigenvalue weighted by atomic mass is 10.2. The van der Waals surface area contributed by atoms with E-state index < -0.39 is 34.3 Å². The number of pyridine rings is 1. The SMILES string of the molecule is NC(=O)c1cc(C(F)(F)F)nc(Cl)c1F. The van der Waals surface area contributed by atoms with Crippen LogP contribution < -0.4 is 5.73 Å². The third-order valence-corrected chi connectivity index (χ3v) is 1.72. The van der Waals surface area contributed by atoms with Crippen LogP contribution in [0.25, 0.3) is 0 Å². The fourth-order valence-corrected chi connectivity index (χ4v) is 1.02. The first kappa shape index (κ1) is 11.7. The average molecular weight is 243 g/mol. The van der Waals surface area contributed by atoms with Crippen molar-refractivity contribution in [3.63, 3.8) is 0 Å². The highest BCUT2D eigenvalue weighted by atomic mass is 35.5. The van der Waals surface area contributed by atoms with E-state index in [1.54, 1.807) is 0 Å². The molecule has 1 heterocycles. The van der Waals surface area contributed by atoms with Crippen molar-refractivity contribution in [3.05, 3.63) is 28.3 Å². The molecule has 8 heteroatoms. The minimum Gasteiger partial charge on any atom is -0.366 e. The van der Waals surface area contributed by atoms with Gasteiger partial charge in [0.15, 0.2) is 11.0 Å². The molecule has 0 aliphatic carbocycles. The van der Waals surface area contributed by atoms with Gasteiger partial charge in [0.1, 0.15) is 5.69 Å². The molecule has 0 fully saturated rings. The Bertz CT molecular complexity index is 418. The minimum atomic E-state index is -4.82. The van der Waals surface area contributed by atoms with Crippen LogP contribution in [0, 0.1) is 5.82 Å². The topological polar surface area (TPSA) is 56.0 Å². The summed E-state index contributed by atoms with van der Waals surface area (Å²) in [6.07, 6.45) is -4.82. The van der Waals surface area contributed by atoms with Crippen molar-refractivity contribution in [2.24, 2.45) is 5.73 Å². The maximum absolute atomic E-state index is 13.0. The molecule has 82 valence electrons. The molecule has 0 aromatic carbocycles. The molecule has 3 nitrogen and oxygen atoms in total. The van der Waals surface area contributed by atoms with Crippen LogP contribution in [0.15, 0.2) is 6.07 Å². The number of carbonyl (C=O) groups is 1. The quantitative estimate of drug-likeness (QED) is 0.605. The standard InChI is InChI=1S/C7H3ClF4N2O/c8-5-4(9)2(6(13)15)1-3(14-5)7(10,11)12/h1H,(H2,13,15). The Hall–Kier alpha value is -1.37. The molecule has 1 aromatic heterocycles. The second-order valence-corrected chi connectivity index (χ2v) is 2.88. The van der Waals surface area contributed by atoms with Crippen LogP contribution in [0.4, 0.5) is 17.6 Å². The summed E-state index contributed by atoms with van der Waals surface area (Å²) in [6.45, 7) is 0. The summed E-state index contributed by atoms with van der Waals surface area (Å²) in [6, 6.07) is 0.212. The largest absolute Gasteiger partial charge is 0.433 e. The number of amides is 1. The van der Waals surface area contributed by atoms with Crippen molar-refractivity contribution in [1.82, 2.24) is 4.98 Å². The number of primary amides is 1. The lowest BCUT2D eigenvalue weighted by Crippen LogP contribution is -2.17. The number of hydrogen-bond acceptors (Lipinski definition) is 2. The number of alkyl halides is 3. The summed E-state index contributed by atoms with van der Waals surface area (Å²) >= 11 is 5.08. The van der Waals surface area contributed by atoms with Crippen molar-refractivity contribution in [3.8, 4) is 0 Å². The molecule has 0 bridgehead atoms. The summed E-state index contributed by atoms with van der Waals surface area (Å²) in [5.41, 5.74) is 2.25. The molecule has 15 heavy (non-hydrogen) atoms. The van der Waals surface area contributed by atoms with E-state index in [1.807, 2.05) is 0 Å². The summed E-state index contributed by atoms with van der Waals surface area (Å²) < 4.78 is 49.4. The van der Waals surface area contributed by atoms with Crippen molar-refractivity contribution >= 4 is 17.5 Å². The Morgan fingerprint density at radius 1 is 1.47 bits per heavy atom. The summed E-state index contributed by atoms with van der Waals surface area (Å²) in [5, 5.41) is -1.04. The first-order valence-corrected chi connectivity index (χ1v) is 3.84. The second-order valence-electron chi connectivity index (χ2n) is 2.52. The molecule has 2 N–H and O–H groups in total. The molecule has 0 spiro atoms. The number of hydrogen-bond donors (Lipinski definition) is 1. The molecule has 0 atom stereocenters. The van der Waals surface area contributed by atoms with E-state index in [9.17, 15) is 22.4 Å². The number of nitrogens with zero attached hydrogens (tertiary/aromatic N) is 1. The maximum atomic E-state index is 13.0. The Balaban J connectivity index is 3.43. The number of nitrogens with two attached hydrogens (primary N) is 1. The van der Waals surface area contributed by atoms with Crippen LogP contribution >= 0.6 is 11.6 Å². The Morgan fingerprint density at radius 3 is 2.40 bits per heavy atom. The summed E-state index contributed by atoms with van der Waals surface area (Å²) in [7, 11) is 0. The number of halogens is 5. The smallest absolute Gasteiger partial charge is 0.366 e. The van der Waals surface area contributed by atoms with Crippen LogP contribution in [0.3, 0.4) is 0 Å². The van der Waals surface area contributed by atoms with Gasteiger partial charge in [0.25, 0.3) is 5.91 Å². The molecular formula is C7H3ClF4N2O. The van der Waals surface area contributed by atoms with Gasteiger partial charge in [-0.15, -0.1) is 0 Å². The first-order chi connectivity index (χ1) is 6.73. The Kier molecular flexibility index (Phi) is 2.85. The molecular weight excluding hydrogens is 240 g/mol. The van der Waals surface area contributed by atoms with Crippen molar-refractivity contribution in [2.75, 3.05) is 0 Å². The van der Waals surface area contributed by atoms with Crippen LogP contribution in [-0.2, 0) is 6.18 Å². The molecule has 1 aromatic rings. The predicted octanol–water partition coefficient (Wildman–Crippen LogP) is 1.99. The van der Waals surface area contributed by atoms with Crippen molar-refractivity contribution in [1.29, 1.82) is 0 Å². The first-order valence-electron chi connectivity index (χ1n) is 3.46. The van der Waals surface area contributed by atoms with Gasteiger partial charge in [-0.3, -0.25) is 4.79 Å². The molecule has 1 amide bonds. The fraction of sp³-hybridized carbons (Fsp3) is 0.143. The Labute approximate surface area is 85.8 Å². The van der Waals surface area contributed by atoms with Gasteiger partial charge in [-0.05, 0) is 6.07 Å². The van der Waals surface area contributed by atoms with Crippen LogP contribution in [0.5, 0.6) is 0 Å². The van der Waals surface area contributed by atoms with Gasteiger partial charge in [0, 0.05) is 0 Å². The van der Waals surface area contributed by atoms with E-state index in [4.69, 9.17) is 11.6 Å². The van der Waals surface area contributed by atoms with Gasteiger partial charge >= 0.3 is 6.18 Å². The van der Waals surface area contributed by atoms with E-state index in [1.165, 1.54) is 0 Å². The van der Waals surface area contributed by atoms with E-state index in [2.05, 4.69) is 10.7 Å². The normalized spacial score (nSPS) is 11.5. The van der Waals surface area contributed by atoms with Gasteiger partial charge in [0.05, 0.1) is 5.56 Å². The van der Waals surface area contributed by atoms with Crippen LogP contribution in [0.1, 0.15) is 16.1 Å². The molecule has 0 aliphatic rings. The van der Waals surface area contributed by atoms with Crippen LogP contribution in [-0.4, -0.2) is 10.9 Å². The van der Waals surface area contributed by atoms with Gasteiger partial charge < -0.3 is 5.73 Å². The van der Waals surface area contributed by atoms with E-state index in [0.29, 0.717) is 0 Å². The van der Waals surface area contributed by atoms with Gasteiger partial charge in [0.2, 0.25) is 0 Å². The average Bonchev–Trinajstić information content (AvgIpc) is 2.06. The van der Waals surface area contributed by atoms with Crippen LogP contribution in [0.2, 0.25) is 5.15 Å². The lowest BCUT2D eigenvalue weighted by molar-refractivity contribution is -0.141. The fourth-order valence-electron chi connectivity index (χ4n) is 0.823. The zero-order valence-electron chi connectivity index (χ0n) is 6.90. The Morgan fingerprint density at radius 2 is 2.00 bits per heavy atom. The highest BCUT2D eigenvalue weighted by Gasteiger charge is 2.34. The number of aromatic nitrogens is 1. The molecule has 0 aliphatic heterocycles. The highest BCUT2D eigenvalue weighted by molar-refractivity contribution is 6.30. The predicted molar refractivity (Wildman–Crippen MR) is 42.7 cm³/mol. The summed E-state index contributed by atoms with van der Waals surface area (Å²) in [4.78, 5) is 13.3. The zero-order valence-corrected chi connectivity index (χ0v) is 7.66. The van der Waals surface area contributed by atoms with Crippen molar-refractivity contribution in [2.45, 2.75) is 6.18 Å². The molecule has 0 radical (unpaired) electrons. The van der Waals surface area contributed by atoms with E-state index in [0.717, 1.165) is 0 Å². The number of carbonyl (C=O) groups excluding carboxylic acids is 1. The van der Waals surface area contributed by atoms with Gasteiger partial charge in [-0.25, -0.2) is 9.37 Å². The molecule has 0 saturated heterocycles. The molecule has 0 unspecified atom stereocenters. The number of rotatable bonds is 1. The summed E-state index contributed by atoms with van der Waals surface area (Å²) in [5.74, 6) is -2.71. The molecule has 1 rings (SSSR count). The third-order valence-electron chi connectivity index (χ3n) is 1.47. The molecule has 0 saturated carbocycles. The second kappa shape index (κ2) is 3.65. The van der Waals surface area contributed by atoms with Gasteiger partial charge in [-0.2, -0.15) is 13.2 Å².